The molecule has 0 saturated carbocycles. The third-order valence-corrected chi connectivity index (χ3v) is 2.43. The van der Waals surface area contributed by atoms with Crippen LogP contribution in [0.2, 0.25) is 0 Å². The number of terminal acetylenes is 1. The van der Waals surface area contributed by atoms with Crippen LogP contribution in [0.5, 0.6) is 0 Å². The minimum absolute atomic E-state index is 0.121. The normalized spacial score (nSPS) is 12.5. The predicted octanol–water partition coefficient (Wildman–Crippen LogP) is 1.02. The van der Waals surface area contributed by atoms with E-state index < -0.39 is 0 Å². The highest BCUT2D eigenvalue weighted by Crippen LogP contribution is 2.22. The number of fused-ring (bicyclic) bond motifs is 1. The summed E-state index contributed by atoms with van der Waals surface area (Å²) in [5.74, 6) is 2.25. The fourth-order valence-corrected chi connectivity index (χ4v) is 1.67. The Kier molecular flexibility index (Phi) is 2.59. The van der Waals surface area contributed by atoms with Crippen molar-refractivity contribution >= 4 is 11.6 Å². The van der Waals surface area contributed by atoms with E-state index in [4.69, 9.17) is 6.42 Å². The highest BCUT2D eigenvalue weighted by molar-refractivity contribution is 5.95. The largest absolute Gasteiger partial charge is 0.384 e. The molecule has 0 atom stereocenters. The molecule has 0 spiro atoms. The van der Waals surface area contributed by atoms with Gasteiger partial charge in [0.2, 0.25) is 0 Å². The van der Waals surface area contributed by atoms with E-state index in [-0.39, 0.29) is 12.5 Å². The zero-order valence-electron chi connectivity index (χ0n) is 8.34. The fourth-order valence-electron chi connectivity index (χ4n) is 1.67. The maximum Gasteiger partial charge on any atom is 0.252 e. The van der Waals surface area contributed by atoms with E-state index in [1.54, 1.807) is 0 Å². The molecule has 3 heteroatoms. The highest BCUT2D eigenvalue weighted by atomic mass is 16.1. The second-order valence-corrected chi connectivity index (χ2v) is 3.44. The van der Waals surface area contributed by atoms with Crippen molar-refractivity contribution in [1.29, 1.82) is 0 Å². The molecule has 1 aliphatic heterocycles. The summed E-state index contributed by atoms with van der Waals surface area (Å²) in [6.45, 7) is 1.22. The lowest BCUT2D eigenvalue weighted by molar-refractivity contribution is 0.0959. The molecule has 0 aliphatic carbocycles. The second-order valence-electron chi connectivity index (χ2n) is 3.44. The lowest BCUT2D eigenvalue weighted by Crippen LogP contribution is -2.23. The smallest absolute Gasteiger partial charge is 0.252 e. The Balaban J connectivity index is 2.16. The van der Waals surface area contributed by atoms with Gasteiger partial charge in [-0.2, -0.15) is 0 Å². The Bertz CT molecular complexity index is 432. The van der Waals surface area contributed by atoms with E-state index in [1.165, 1.54) is 5.56 Å². The topological polar surface area (TPSA) is 41.1 Å². The SMILES string of the molecule is C#CCNC(=O)c1ccc2c(c1)NCC2. The number of nitrogens with one attached hydrogen (secondary N) is 2. The van der Waals surface area contributed by atoms with Gasteiger partial charge in [-0.25, -0.2) is 0 Å². The van der Waals surface area contributed by atoms with Gasteiger partial charge in [-0.1, -0.05) is 12.0 Å². The second kappa shape index (κ2) is 4.05. The fraction of sp³-hybridized carbons (Fsp3) is 0.250. The number of carbonyl (C=O) groups is 1. The van der Waals surface area contributed by atoms with Crippen LogP contribution in [-0.2, 0) is 6.42 Å². The minimum atomic E-state index is -0.121. The monoisotopic (exact) mass is 200 g/mol. The molecule has 0 bridgehead atoms. The van der Waals surface area contributed by atoms with Crippen LogP contribution in [0.3, 0.4) is 0 Å². The van der Waals surface area contributed by atoms with Crippen molar-refractivity contribution in [3.8, 4) is 12.3 Å². The van der Waals surface area contributed by atoms with Crippen molar-refractivity contribution in [1.82, 2.24) is 5.32 Å². The predicted molar refractivity (Wildman–Crippen MR) is 59.8 cm³/mol. The molecular weight excluding hydrogens is 188 g/mol. The van der Waals surface area contributed by atoms with Crippen LogP contribution in [-0.4, -0.2) is 19.0 Å². The van der Waals surface area contributed by atoms with Gasteiger partial charge in [0.05, 0.1) is 6.54 Å². The molecule has 2 N–H and O–H groups in total. The molecular formula is C12H12N2O. The first kappa shape index (κ1) is 9.60. The molecule has 2 rings (SSSR count). The molecule has 1 aromatic rings. The van der Waals surface area contributed by atoms with Gasteiger partial charge < -0.3 is 10.6 Å². The van der Waals surface area contributed by atoms with Gasteiger partial charge in [0.1, 0.15) is 0 Å². The zero-order valence-corrected chi connectivity index (χ0v) is 8.34. The quantitative estimate of drug-likeness (QED) is 0.700. The van der Waals surface area contributed by atoms with Crippen LogP contribution >= 0.6 is 0 Å². The number of amides is 1. The Labute approximate surface area is 88.9 Å². The minimum Gasteiger partial charge on any atom is -0.384 e. The van der Waals surface area contributed by atoms with Crippen molar-refractivity contribution in [3.63, 3.8) is 0 Å². The third kappa shape index (κ3) is 1.94. The molecule has 3 nitrogen and oxygen atoms in total. The van der Waals surface area contributed by atoms with Crippen molar-refractivity contribution in [2.45, 2.75) is 6.42 Å². The highest BCUT2D eigenvalue weighted by Gasteiger charge is 2.12. The van der Waals surface area contributed by atoms with Crippen LogP contribution in [0, 0.1) is 12.3 Å². The van der Waals surface area contributed by atoms with Crippen molar-refractivity contribution in [2.75, 3.05) is 18.4 Å². The van der Waals surface area contributed by atoms with Crippen LogP contribution in [0.4, 0.5) is 5.69 Å². The Morgan fingerprint density at radius 2 is 2.47 bits per heavy atom. The van der Waals surface area contributed by atoms with Gasteiger partial charge in [-0.3, -0.25) is 4.79 Å². The standard InChI is InChI=1S/C12H12N2O/c1-2-6-14-12(15)10-4-3-9-5-7-13-11(9)8-10/h1,3-4,8,13H,5-7H2,(H,14,15). The summed E-state index contributed by atoms with van der Waals surface area (Å²) >= 11 is 0. The molecule has 0 fully saturated rings. The average molecular weight is 200 g/mol. The van der Waals surface area contributed by atoms with Crippen LogP contribution in [0.15, 0.2) is 18.2 Å². The molecule has 1 aliphatic rings. The summed E-state index contributed by atoms with van der Waals surface area (Å²) in [5.41, 5.74) is 2.98. The molecule has 1 aromatic carbocycles. The summed E-state index contributed by atoms with van der Waals surface area (Å²) < 4.78 is 0. The van der Waals surface area contributed by atoms with Gasteiger partial charge in [0.15, 0.2) is 0 Å². The van der Waals surface area contributed by atoms with E-state index >= 15 is 0 Å². The van der Waals surface area contributed by atoms with E-state index in [0.717, 1.165) is 18.7 Å². The molecule has 0 unspecified atom stereocenters. The van der Waals surface area contributed by atoms with Crippen molar-refractivity contribution in [3.05, 3.63) is 29.3 Å². The summed E-state index contributed by atoms with van der Waals surface area (Å²) in [5, 5.41) is 5.87. The zero-order chi connectivity index (χ0) is 10.7. The van der Waals surface area contributed by atoms with E-state index in [9.17, 15) is 4.79 Å². The lowest BCUT2D eigenvalue weighted by Gasteiger charge is -2.04. The molecule has 15 heavy (non-hydrogen) atoms. The molecule has 0 aromatic heterocycles. The molecule has 1 amide bonds. The number of carbonyl (C=O) groups excluding carboxylic acids is 1. The third-order valence-electron chi connectivity index (χ3n) is 2.43. The lowest BCUT2D eigenvalue weighted by atomic mass is 10.1. The van der Waals surface area contributed by atoms with Gasteiger partial charge in [-0.15, -0.1) is 6.42 Å². The number of rotatable bonds is 2. The van der Waals surface area contributed by atoms with Gasteiger partial charge in [-0.05, 0) is 24.1 Å². The maximum atomic E-state index is 11.6. The Morgan fingerprint density at radius 1 is 1.60 bits per heavy atom. The summed E-state index contributed by atoms with van der Waals surface area (Å²) in [6, 6.07) is 5.69. The number of hydrogen-bond acceptors (Lipinski definition) is 2. The van der Waals surface area contributed by atoms with Crippen molar-refractivity contribution in [2.24, 2.45) is 0 Å². The Morgan fingerprint density at radius 3 is 3.27 bits per heavy atom. The van der Waals surface area contributed by atoms with E-state index in [1.807, 2.05) is 18.2 Å². The van der Waals surface area contributed by atoms with Crippen LogP contribution < -0.4 is 10.6 Å². The number of hydrogen-bond donors (Lipinski definition) is 2. The Hall–Kier alpha value is -1.95. The van der Waals surface area contributed by atoms with Gasteiger partial charge in [0.25, 0.3) is 5.91 Å². The van der Waals surface area contributed by atoms with E-state index in [2.05, 4.69) is 16.6 Å². The van der Waals surface area contributed by atoms with Crippen LogP contribution in [0.25, 0.3) is 0 Å². The first-order valence-electron chi connectivity index (χ1n) is 4.90. The first-order valence-corrected chi connectivity index (χ1v) is 4.90. The first-order chi connectivity index (χ1) is 7.31. The van der Waals surface area contributed by atoms with Crippen LogP contribution in [0.1, 0.15) is 15.9 Å². The molecule has 0 saturated heterocycles. The molecule has 76 valence electrons. The number of benzene rings is 1. The molecule has 0 radical (unpaired) electrons. The van der Waals surface area contributed by atoms with Gasteiger partial charge in [0, 0.05) is 17.8 Å². The van der Waals surface area contributed by atoms with Gasteiger partial charge >= 0.3 is 0 Å². The maximum absolute atomic E-state index is 11.6. The molecule has 1 heterocycles. The van der Waals surface area contributed by atoms with Crippen molar-refractivity contribution < 1.29 is 4.79 Å². The summed E-state index contributed by atoms with van der Waals surface area (Å²) in [7, 11) is 0. The average Bonchev–Trinajstić information content (AvgIpc) is 2.72. The van der Waals surface area contributed by atoms with E-state index in [0.29, 0.717) is 5.56 Å². The number of anilines is 1. The summed E-state index contributed by atoms with van der Waals surface area (Å²) in [4.78, 5) is 11.6. The summed E-state index contributed by atoms with van der Waals surface area (Å²) in [6.07, 6.45) is 6.10.